The molecule has 2 heterocycles. The van der Waals surface area contributed by atoms with Crippen molar-refractivity contribution >= 4 is 5.91 Å². The molecule has 2 unspecified atom stereocenters. The smallest absolute Gasteiger partial charge is 0.252 e. The topological polar surface area (TPSA) is 43.8 Å². The highest BCUT2D eigenvalue weighted by molar-refractivity contribution is 5.84. The predicted molar refractivity (Wildman–Crippen MR) is 90.9 cm³/mol. The van der Waals surface area contributed by atoms with Crippen LogP contribution in [0.25, 0.3) is 0 Å². The first-order valence-electron chi connectivity index (χ1n) is 8.78. The molecule has 1 amide bonds. The molecule has 1 N–H and O–H groups in total. The van der Waals surface area contributed by atoms with E-state index >= 15 is 0 Å². The molecule has 2 atom stereocenters. The number of nitrogens with zero attached hydrogens (tertiary/aromatic N) is 2. The van der Waals surface area contributed by atoms with Gasteiger partial charge in [-0.25, -0.2) is 0 Å². The predicted octanol–water partition coefficient (Wildman–Crippen LogP) is 2.27. The SMILES string of the molecule is CCC1(C)CN(C2CCN(Cc3ccccc3)CC2)C(=O)C1O. The molecule has 23 heavy (non-hydrogen) atoms. The van der Waals surface area contributed by atoms with Gasteiger partial charge < -0.3 is 10.0 Å². The number of aliphatic hydroxyl groups is 1. The van der Waals surface area contributed by atoms with E-state index in [2.05, 4.69) is 36.1 Å². The number of likely N-dealkylation sites (tertiary alicyclic amines) is 2. The average molecular weight is 316 g/mol. The third kappa shape index (κ3) is 3.29. The van der Waals surface area contributed by atoms with Crippen molar-refractivity contribution in [3.8, 4) is 0 Å². The van der Waals surface area contributed by atoms with Crippen molar-refractivity contribution < 1.29 is 9.90 Å². The van der Waals surface area contributed by atoms with Gasteiger partial charge >= 0.3 is 0 Å². The van der Waals surface area contributed by atoms with Gasteiger partial charge in [-0.1, -0.05) is 44.2 Å². The van der Waals surface area contributed by atoms with Crippen LogP contribution in [-0.2, 0) is 11.3 Å². The van der Waals surface area contributed by atoms with Crippen molar-refractivity contribution in [1.29, 1.82) is 0 Å². The molecule has 2 aliphatic rings. The van der Waals surface area contributed by atoms with Crippen LogP contribution < -0.4 is 0 Å². The van der Waals surface area contributed by atoms with Gasteiger partial charge in [-0.2, -0.15) is 0 Å². The Morgan fingerprint density at radius 2 is 1.87 bits per heavy atom. The molecule has 2 saturated heterocycles. The molecule has 3 rings (SSSR count). The maximum absolute atomic E-state index is 12.4. The summed E-state index contributed by atoms with van der Waals surface area (Å²) in [6.45, 7) is 7.80. The fourth-order valence-electron chi connectivity index (χ4n) is 3.85. The molecule has 0 saturated carbocycles. The normalized spacial score (nSPS) is 30.1. The number of hydrogen-bond acceptors (Lipinski definition) is 3. The molecular weight excluding hydrogens is 288 g/mol. The first-order valence-corrected chi connectivity index (χ1v) is 8.78. The summed E-state index contributed by atoms with van der Waals surface area (Å²) in [5.41, 5.74) is 1.07. The van der Waals surface area contributed by atoms with E-state index < -0.39 is 6.10 Å². The zero-order valence-electron chi connectivity index (χ0n) is 14.2. The third-order valence-corrected chi connectivity index (χ3v) is 5.76. The Balaban J connectivity index is 1.56. The lowest BCUT2D eigenvalue weighted by Crippen LogP contribution is -2.46. The molecule has 0 spiro atoms. The van der Waals surface area contributed by atoms with Crippen molar-refractivity contribution in [1.82, 2.24) is 9.80 Å². The number of carbonyl (C=O) groups excluding carboxylic acids is 1. The second-order valence-corrected chi connectivity index (χ2v) is 7.37. The second-order valence-electron chi connectivity index (χ2n) is 7.37. The number of rotatable bonds is 4. The fraction of sp³-hybridized carbons (Fsp3) is 0.632. The van der Waals surface area contributed by atoms with Crippen LogP contribution in [0.4, 0.5) is 0 Å². The molecule has 126 valence electrons. The van der Waals surface area contributed by atoms with Crippen LogP contribution in [0.2, 0.25) is 0 Å². The highest BCUT2D eigenvalue weighted by Gasteiger charge is 2.49. The number of aliphatic hydroxyl groups excluding tert-OH is 1. The van der Waals surface area contributed by atoms with Gasteiger partial charge in [0.15, 0.2) is 0 Å². The van der Waals surface area contributed by atoms with Gasteiger partial charge in [-0.05, 0) is 24.8 Å². The largest absolute Gasteiger partial charge is 0.383 e. The maximum Gasteiger partial charge on any atom is 0.252 e. The molecule has 4 nitrogen and oxygen atoms in total. The van der Waals surface area contributed by atoms with Crippen LogP contribution in [0, 0.1) is 5.41 Å². The van der Waals surface area contributed by atoms with E-state index in [0.717, 1.165) is 38.9 Å². The Bertz CT molecular complexity index is 540. The van der Waals surface area contributed by atoms with Crippen molar-refractivity contribution in [2.24, 2.45) is 5.41 Å². The van der Waals surface area contributed by atoms with Crippen LogP contribution in [0.3, 0.4) is 0 Å². The summed E-state index contributed by atoms with van der Waals surface area (Å²) in [6.07, 6.45) is 2.02. The van der Waals surface area contributed by atoms with Gasteiger partial charge in [-0.15, -0.1) is 0 Å². The standard InChI is InChI=1S/C19H28N2O2/c1-3-19(2)14-21(18(23)17(19)22)16-9-11-20(12-10-16)13-15-7-5-4-6-8-15/h4-8,16-17,22H,3,9-14H2,1-2H3. The Hall–Kier alpha value is -1.39. The molecule has 1 aromatic rings. The van der Waals surface area contributed by atoms with Crippen LogP contribution in [-0.4, -0.2) is 52.6 Å². The van der Waals surface area contributed by atoms with Crippen molar-refractivity contribution in [2.45, 2.75) is 51.8 Å². The Morgan fingerprint density at radius 1 is 1.22 bits per heavy atom. The number of piperidine rings is 1. The zero-order valence-corrected chi connectivity index (χ0v) is 14.2. The monoisotopic (exact) mass is 316 g/mol. The first kappa shape index (κ1) is 16.5. The van der Waals surface area contributed by atoms with Crippen molar-refractivity contribution in [3.63, 3.8) is 0 Å². The van der Waals surface area contributed by atoms with E-state index in [4.69, 9.17) is 0 Å². The summed E-state index contributed by atoms with van der Waals surface area (Å²) in [7, 11) is 0. The number of benzene rings is 1. The Morgan fingerprint density at radius 3 is 2.43 bits per heavy atom. The minimum absolute atomic E-state index is 0.0594. The lowest BCUT2D eigenvalue weighted by atomic mass is 9.84. The molecule has 1 aromatic carbocycles. The van der Waals surface area contributed by atoms with Gasteiger partial charge in [0.25, 0.3) is 5.91 Å². The highest BCUT2D eigenvalue weighted by Crippen LogP contribution is 2.37. The van der Waals surface area contributed by atoms with Gasteiger partial charge in [-0.3, -0.25) is 9.69 Å². The van der Waals surface area contributed by atoms with E-state index in [-0.39, 0.29) is 17.4 Å². The summed E-state index contributed by atoms with van der Waals surface area (Å²) in [5, 5.41) is 10.3. The quantitative estimate of drug-likeness (QED) is 0.927. The zero-order chi connectivity index (χ0) is 16.4. The lowest BCUT2D eigenvalue weighted by molar-refractivity contribution is -0.138. The Kier molecular flexibility index (Phi) is 4.74. The average Bonchev–Trinajstić information content (AvgIpc) is 2.82. The summed E-state index contributed by atoms with van der Waals surface area (Å²) in [6, 6.07) is 10.8. The molecule has 4 heteroatoms. The minimum atomic E-state index is -0.824. The minimum Gasteiger partial charge on any atom is -0.383 e. The molecule has 2 aliphatic heterocycles. The molecule has 0 radical (unpaired) electrons. The first-order chi connectivity index (χ1) is 11.0. The highest BCUT2D eigenvalue weighted by atomic mass is 16.3. The van der Waals surface area contributed by atoms with E-state index in [1.807, 2.05) is 17.9 Å². The van der Waals surface area contributed by atoms with Gasteiger partial charge in [0.2, 0.25) is 0 Å². The van der Waals surface area contributed by atoms with Gasteiger partial charge in [0.1, 0.15) is 6.10 Å². The van der Waals surface area contributed by atoms with E-state index in [1.54, 1.807) is 0 Å². The Labute approximate surface area is 139 Å². The van der Waals surface area contributed by atoms with Crippen LogP contribution in [0.5, 0.6) is 0 Å². The van der Waals surface area contributed by atoms with E-state index in [1.165, 1.54) is 5.56 Å². The van der Waals surface area contributed by atoms with E-state index in [0.29, 0.717) is 6.54 Å². The van der Waals surface area contributed by atoms with E-state index in [9.17, 15) is 9.90 Å². The summed E-state index contributed by atoms with van der Waals surface area (Å²) in [4.78, 5) is 16.8. The maximum atomic E-state index is 12.4. The third-order valence-electron chi connectivity index (χ3n) is 5.76. The van der Waals surface area contributed by atoms with Crippen molar-refractivity contribution in [2.75, 3.05) is 19.6 Å². The molecule has 0 aliphatic carbocycles. The number of amides is 1. The van der Waals surface area contributed by atoms with Crippen LogP contribution in [0.15, 0.2) is 30.3 Å². The summed E-state index contributed by atoms with van der Waals surface area (Å²) < 4.78 is 0. The van der Waals surface area contributed by atoms with Crippen molar-refractivity contribution in [3.05, 3.63) is 35.9 Å². The summed E-state index contributed by atoms with van der Waals surface area (Å²) in [5.74, 6) is -0.0594. The molecule has 0 aromatic heterocycles. The van der Waals surface area contributed by atoms with Gasteiger partial charge in [0, 0.05) is 37.6 Å². The van der Waals surface area contributed by atoms with Crippen LogP contribution >= 0.6 is 0 Å². The number of hydrogen-bond donors (Lipinski definition) is 1. The van der Waals surface area contributed by atoms with Gasteiger partial charge in [0.05, 0.1) is 0 Å². The molecular formula is C19H28N2O2. The second kappa shape index (κ2) is 6.62. The van der Waals surface area contributed by atoms with Crippen LogP contribution in [0.1, 0.15) is 38.7 Å². The molecule has 2 fully saturated rings. The fourth-order valence-corrected chi connectivity index (χ4v) is 3.85. The molecule has 0 bridgehead atoms. The number of carbonyl (C=O) groups is 1. The summed E-state index contributed by atoms with van der Waals surface area (Å²) >= 11 is 0. The lowest BCUT2D eigenvalue weighted by Gasteiger charge is -2.37.